The van der Waals surface area contributed by atoms with Crippen molar-refractivity contribution in [2.75, 3.05) is 23.3 Å². The number of benzene rings is 2. The topological polar surface area (TPSA) is 101 Å². The Balaban J connectivity index is 1.33. The summed E-state index contributed by atoms with van der Waals surface area (Å²) in [5.74, 6) is 0.0468. The Kier molecular flexibility index (Phi) is 7.33. The van der Waals surface area contributed by atoms with E-state index in [0.29, 0.717) is 35.9 Å². The van der Waals surface area contributed by atoms with Gasteiger partial charge in [-0.25, -0.2) is 14.3 Å². The molecule has 0 radical (unpaired) electrons. The van der Waals surface area contributed by atoms with Crippen molar-refractivity contribution in [3.05, 3.63) is 78.0 Å². The molecule has 214 valence electrons. The van der Waals surface area contributed by atoms with Gasteiger partial charge in [0.1, 0.15) is 5.60 Å². The Hall–Kier alpha value is -4.61. The number of hydrogen-bond acceptors (Lipinski definition) is 6. The average molecular weight is 567 g/mol. The molecule has 1 fully saturated rings. The molecule has 0 saturated carbocycles. The van der Waals surface area contributed by atoms with Gasteiger partial charge in [0.2, 0.25) is 0 Å². The first-order valence-electron chi connectivity index (χ1n) is 13.0. The average Bonchev–Trinajstić information content (AvgIpc) is 3.54. The van der Waals surface area contributed by atoms with E-state index in [2.05, 4.69) is 20.5 Å². The lowest BCUT2D eigenvalue weighted by molar-refractivity contribution is -0.137. The first kappa shape index (κ1) is 27.9. The SMILES string of the molecule is CC(C)(C)OC(=O)NC1CCN(c2cc3nccc(-c4cccc(NC(=O)c5cccc(C(F)(F)F)c5)c4)n3n2)C1. The van der Waals surface area contributed by atoms with Crippen molar-refractivity contribution in [1.82, 2.24) is 19.9 Å². The summed E-state index contributed by atoms with van der Waals surface area (Å²) in [4.78, 5) is 31.4. The summed E-state index contributed by atoms with van der Waals surface area (Å²) in [6.07, 6.45) is -2.61. The fourth-order valence-corrected chi connectivity index (χ4v) is 4.61. The molecule has 5 rings (SSSR count). The standard InChI is InChI=1S/C29H29F3N6O3/c1-28(2,3)41-27(40)35-22-11-13-37(17-22)25-16-24-33-12-10-23(38(24)36-25)18-6-5-9-21(15-18)34-26(39)19-7-4-8-20(14-19)29(30,31)32/h4-10,12,14-16,22H,11,13,17H2,1-3H3,(H,34,39)(H,35,40). The van der Waals surface area contributed by atoms with E-state index in [1.54, 1.807) is 35.0 Å². The van der Waals surface area contributed by atoms with Gasteiger partial charge in [0.25, 0.3) is 5.91 Å². The number of nitrogens with one attached hydrogen (secondary N) is 2. The number of anilines is 2. The summed E-state index contributed by atoms with van der Waals surface area (Å²) in [5, 5.41) is 10.3. The molecule has 2 N–H and O–H groups in total. The van der Waals surface area contributed by atoms with Crippen LogP contribution in [0.2, 0.25) is 0 Å². The lowest BCUT2D eigenvalue weighted by atomic mass is 10.1. The molecule has 1 aliphatic rings. The molecule has 12 heteroatoms. The van der Waals surface area contributed by atoms with Crippen molar-refractivity contribution in [3.63, 3.8) is 0 Å². The molecule has 2 amide bonds. The second-order valence-electron chi connectivity index (χ2n) is 10.8. The second kappa shape index (κ2) is 10.8. The van der Waals surface area contributed by atoms with E-state index >= 15 is 0 Å². The third kappa shape index (κ3) is 6.59. The molecule has 1 atom stereocenters. The molecular formula is C29H29F3N6O3. The van der Waals surface area contributed by atoms with E-state index in [-0.39, 0.29) is 11.6 Å². The zero-order chi connectivity index (χ0) is 29.4. The number of alkyl halides is 3. The molecule has 2 aromatic heterocycles. The Morgan fingerprint density at radius 3 is 2.56 bits per heavy atom. The Morgan fingerprint density at radius 1 is 1.02 bits per heavy atom. The summed E-state index contributed by atoms with van der Waals surface area (Å²) in [7, 11) is 0. The van der Waals surface area contributed by atoms with Crippen LogP contribution in [0.5, 0.6) is 0 Å². The van der Waals surface area contributed by atoms with Crippen LogP contribution in [0.3, 0.4) is 0 Å². The summed E-state index contributed by atoms with van der Waals surface area (Å²) in [6, 6.07) is 14.8. The highest BCUT2D eigenvalue weighted by atomic mass is 19.4. The van der Waals surface area contributed by atoms with Crippen LogP contribution >= 0.6 is 0 Å². The predicted octanol–water partition coefficient (Wildman–Crippen LogP) is 5.77. The van der Waals surface area contributed by atoms with Gasteiger partial charge in [-0.2, -0.15) is 13.2 Å². The molecule has 1 saturated heterocycles. The van der Waals surface area contributed by atoms with Gasteiger partial charge in [0.05, 0.1) is 17.3 Å². The molecule has 1 aliphatic heterocycles. The molecule has 0 aliphatic carbocycles. The van der Waals surface area contributed by atoms with Crippen LogP contribution in [0.1, 0.15) is 43.1 Å². The molecule has 0 bridgehead atoms. The predicted molar refractivity (Wildman–Crippen MR) is 148 cm³/mol. The van der Waals surface area contributed by atoms with Crippen LogP contribution in [-0.4, -0.2) is 51.3 Å². The van der Waals surface area contributed by atoms with Gasteiger partial charge in [-0.05, 0) is 63.6 Å². The number of fused-ring (bicyclic) bond motifs is 1. The maximum absolute atomic E-state index is 13.1. The normalized spacial score (nSPS) is 15.7. The summed E-state index contributed by atoms with van der Waals surface area (Å²) in [6.45, 7) is 6.70. The van der Waals surface area contributed by atoms with Crippen LogP contribution in [-0.2, 0) is 10.9 Å². The Bertz CT molecular complexity index is 1590. The smallest absolute Gasteiger partial charge is 0.416 e. The van der Waals surface area contributed by atoms with Gasteiger partial charge >= 0.3 is 12.3 Å². The Labute approximate surface area is 234 Å². The minimum atomic E-state index is -4.55. The lowest BCUT2D eigenvalue weighted by Gasteiger charge is -2.22. The van der Waals surface area contributed by atoms with Crippen LogP contribution in [0.4, 0.5) is 29.5 Å². The third-order valence-corrected chi connectivity index (χ3v) is 6.45. The first-order valence-corrected chi connectivity index (χ1v) is 13.0. The van der Waals surface area contributed by atoms with E-state index in [4.69, 9.17) is 9.84 Å². The quantitative estimate of drug-likeness (QED) is 0.318. The number of amides is 2. The number of alkyl carbamates (subject to hydrolysis) is 1. The van der Waals surface area contributed by atoms with Gasteiger partial charge in [-0.1, -0.05) is 18.2 Å². The summed E-state index contributed by atoms with van der Waals surface area (Å²) < 4.78 is 46.3. The van der Waals surface area contributed by atoms with Gasteiger partial charge in [0, 0.05) is 42.2 Å². The summed E-state index contributed by atoms with van der Waals surface area (Å²) in [5.41, 5.74) is 0.886. The minimum absolute atomic E-state index is 0.0841. The van der Waals surface area contributed by atoms with Gasteiger partial charge in [-0.3, -0.25) is 4.79 Å². The number of hydrogen-bond donors (Lipinski definition) is 2. The van der Waals surface area contributed by atoms with E-state index in [1.165, 1.54) is 12.1 Å². The number of aromatic nitrogens is 3. The number of nitrogens with zero attached hydrogens (tertiary/aromatic N) is 4. The van der Waals surface area contributed by atoms with E-state index in [0.717, 1.165) is 24.1 Å². The zero-order valence-electron chi connectivity index (χ0n) is 22.7. The highest BCUT2D eigenvalue weighted by molar-refractivity contribution is 6.04. The molecule has 0 spiro atoms. The monoisotopic (exact) mass is 566 g/mol. The number of rotatable bonds is 5. The number of carbonyl (C=O) groups excluding carboxylic acids is 2. The Morgan fingerprint density at radius 2 is 1.80 bits per heavy atom. The first-order chi connectivity index (χ1) is 19.4. The van der Waals surface area contributed by atoms with Gasteiger partial charge in [-0.15, -0.1) is 5.10 Å². The lowest BCUT2D eigenvalue weighted by Crippen LogP contribution is -2.40. The molecule has 3 heterocycles. The van der Waals surface area contributed by atoms with Crippen LogP contribution in [0, 0.1) is 0 Å². The molecule has 4 aromatic rings. The molecule has 2 aromatic carbocycles. The maximum atomic E-state index is 13.1. The van der Waals surface area contributed by atoms with E-state index < -0.39 is 29.3 Å². The van der Waals surface area contributed by atoms with Crippen LogP contribution in [0.25, 0.3) is 16.9 Å². The maximum Gasteiger partial charge on any atom is 0.416 e. The van der Waals surface area contributed by atoms with Crippen molar-refractivity contribution in [2.24, 2.45) is 0 Å². The van der Waals surface area contributed by atoms with E-state index in [1.807, 2.05) is 32.9 Å². The molecule has 1 unspecified atom stereocenters. The third-order valence-electron chi connectivity index (χ3n) is 6.45. The fraction of sp³-hybridized carbons (Fsp3) is 0.310. The highest BCUT2D eigenvalue weighted by Crippen LogP contribution is 2.30. The van der Waals surface area contributed by atoms with Crippen molar-refractivity contribution < 1.29 is 27.5 Å². The van der Waals surface area contributed by atoms with Crippen molar-refractivity contribution >= 4 is 29.2 Å². The van der Waals surface area contributed by atoms with Crippen molar-refractivity contribution in [1.29, 1.82) is 0 Å². The van der Waals surface area contributed by atoms with Crippen LogP contribution in [0.15, 0.2) is 66.9 Å². The molecule has 9 nitrogen and oxygen atoms in total. The van der Waals surface area contributed by atoms with Gasteiger partial charge < -0.3 is 20.3 Å². The molecular weight excluding hydrogens is 537 g/mol. The van der Waals surface area contributed by atoms with Crippen molar-refractivity contribution in [3.8, 4) is 11.3 Å². The fourth-order valence-electron chi connectivity index (χ4n) is 4.61. The zero-order valence-corrected chi connectivity index (χ0v) is 22.7. The number of ether oxygens (including phenoxy) is 1. The largest absolute Gasteiger partial charge is 0.444 e. The van der Waals surface area contributed by atoms with Crippen molar-refractivity contribution in [2.45, 2.75) is 45.0 Å². The van der Waals surface area contributed by atoms with Crippen LogP contribution < -0.4 is 15.5 Å². The highest BCUT2D eigenvalue weighted by Gasteiger charge is 2.31. The molecule has 41 heavy (non-hydrogen) atoms. The number of carbonyl (C=O) groups is 2. The minimum Gasteiger partial charge on any atom is -0.444 e. The second-order valence-corrected chi connectivity index (χ2v) is 10.8. The van der Waals surface area contributed by atoms with Gasteiger partial charge in [0.15, 0.2) is 11.5 Å². The number of halogens is 3. The van der Waals surface area contributed by atoms with E-state index in [9.17, 15) is 22.8 Å². The summed E-state index contributed by atoms with van der Waals surface area (Å²) >= 11 is 0.